The summed E-state index contributed by atoms with van der Waals surface area (Å²) in [7, 11) is -3.47. The second kappa shape index (κ2) is 5.50. The molecule has 0 aliphatic carbocycles. The molecule has 2 unspecified atom stereocenters. The maximum Gasteiger partial charge on any atom is 0.264 e. The van der Waals surface area contributed by atoms with E-state index in [1.165, 1.54) is 0 Å². The van der Waals surface area contributed by atoms with E-state index in [1.54, 1.807) is 13.0 Å². The molecule has 1 aliphatic rings. The highest BCUT2D eigenvalue weighted by Gasteiger charge is 2.24. The lowest BCUT2D eigenvalue weighted by molar-refractivity contribution is 0.199. The van der Waals surface area contributed by atoms with Gasteiger partial charge in [-0.1, -0.05) is 23.7 Å². The lowest BCUT2D eigenvalue weighted by Crippen LogP contribution is -2.40. The van der Waals surface area contributed by atoms with Gasteiger partial charge in [-0.25, -0.2) is 5.43 Å². The van der Waals surface area contributed by atoms with Crippen LogP contribution in [0, 0.1) is 0 Å². The van der Waals surface area contributed by atoms with E-state index in [0.717, 1.165) is 17.5 Å². The molecule has 0 saturated carbocycles. The van der Waals surface area contributed by atoms with Crippen molar-refractivity contribution in [1.29, 1.82) is 0 Å². The first-order chi connectivity index (χ1) is 8.85. The van der Waals surface area contributed by atoms with E-state index in [2.05, 4.69) is 10.9 Å². The molecule has 5 nitrogen and oxygen atoms in total. The van der Waals surface area contributed by atoms with Crippen molar-refractivity contribution in [2.24, 2.45) is 0 Å². The molecule has 0 fully saturated rings. The van der Waals surface area contributed by atoms with Crippen molar-refractivity contribution in [3.05, 3.63) is 40.9 Å². The molecule has 2 atom stereocenters. The minimum absolute atomic E-state index is 0.233. The van der Waals surface area contributed by atoms with Crippen LogP contribution in [0.3, 0.4) is 0 Å². The molecule has 0 bridgehead atoms. The van der Waals surface area contributed by atoms with Crippen LogP contribution in [0.15, 0.2) is 30.3 Å². The number of halogens is 1. The summed E-state index contributed by atoms with van der Waals surface area (Å²) in [5.74, 6) is 0. The molecule has 19 heavy (non-hydrogen) atoms. The maximum atomic E-state index is 11.1. The Bertz CT molecular complexity index is 601. The standard InChI is InChI=1S/C12H15ClN2O3S/c1-8(18-19(2,16)17)11-7-12(15-14-11)9-4-3-5-10(13)6-9/h3-8,11,14-15H,1-2H3. The zero-order chi connectivity index (χ0) is 14.0. The van der Waals surface area contributed by atoms with Crippen LogP contribution in [0.5, 0.6) is 0 Å². The fourth-order valence-corrected chi connectivity index (χ4v) is 2.70. The van der Waals surface area contributed by atoms with Gasteiger partial charge in [0.15, 0.2) is 0 Å². The molecule has 0 amide bonds. The van der Waals surface area contributed by atoms with E-state index < -0.39 is 16.2 Å². The third-order valence-electron chi connectivity index (χ3n) is 2.69. The van der Waals surface area contributed by atoms with Gasteiger partial charge in [0.1, 0.15) is 0 Å². The van der Waals surface area contributed by atoms with Gasteiger partial charge in [0.25, 0.3) is 10.1 Å². The van der Waals surface area contributed by atoms with Crippen molar-refractivity contribution in [3.63, 3.8) is 0 Å². The minimum Gasteiger partial charge on any atom is -0.321 e. The van der Waals surface area contributed by atoms with Gasteiger partial charge < -0.3 is 5.43 Å². The number of hydrogen-bond acceptors (Lipinski definition) is 5. The third-order valence-corrected chi connectivity index (χ3v) is 3.58. The van der Waals surface area contributed by atoms with Crippen LogP contribution in [0.2, 0.25) is 5.02 Å². The van der Waals surface area contributed by atoms with E-state index >= 15 is 0 Å². The Balaban J connectivity index is 2.13. The highest BCUT2D eigenvalue weighted by Crippen LogP contribution is 2.21. The Hall–Kier alpha value is -1.08. The molecular formula is C12H15ClN2O3S. The van der Waals surface area contributed by atoms with Crippen molar-refractivity contribution in [2.75, 3.05) is 6.26 Å². The summed E-state index contributed by atoms with van der Waals surface area (Å²) < 4.78 is 27.1. The Labute approximate surface area is 117 Å². The van der Waals surface area contributed by atoms with Gasteiger partial charge in [-0.3, -0.25) is 4.18 Å². The first-order valence-corrected chi connectivity index (χ1v) is 7.92. The molecule has 104 valence electrons. The quantitative estimate of drug-likeness (QED) is 0.826. The third kappa shape index (κ3) is 3.94. The first-order valence-electron chi connectivity index (χ1n) is 5.73. The number of benzene rings is 1. The minimum atomic E-state index is -3.47. The van der Waals surface area contributed by atoms with Gasteiger partial charge in [-0.05, 0) is 25.1 Å². The van der Waals surface area contributed by atoms with Crippen LogP contribution in [0.4, 0.5) is 0 Å². The lowest BCUT2D eigenvalue weighted by atomic mass is 10.1. The Morgan fingerprint density at radius 3 is 2.79 bits per heavy atom. The summed E-state index contributed by atoms with van der Waals surface area (Å²) in [6.07, 6.45) is 2.41. The van der Waals surface area contributed by atoms with E-state index in [0.29, 0.717) is 5.02 Å². The fraction of sp³-hybridized carbons (Fsp3) is 0.333. The van der Waals surface area contributed by atoms with Crippen LogP contribution >= 0.6 is 11.6 Å². The SMILES string of the molecule is CC(OS(C)(=O)=O)C1C=C(c2cccc(Cl)c2)NN1. The van der Waals surface area contributed by atoms with Gasteiger partial charge in [0, 0.05) is 10.6 Å². The van der Waals surface area contributed by atoms with E-state index in [9.17, 15) is 8.42 Å². The second-order valence-corrected chi connectivity index (χ2v) is 6.43. The lowest BCUT2D eigenvalue weighted by Gasteiger charge is -2.16. The van der Waals surface area contributed by atoms with Crippen LogP contribution in [-0.2, 0) is 14.3 Å². The summed E-state index contributed by atoms with van der Waals surface area (Å²) in [6.45, 7) is 1.69. The molecule has 1 aromatic carbocycles. The van der Waals surface area contributed by atoms with Crippen molar-refractivity contribution in [1.82, 2.24) is 10.9 Å². The average Bonchev–Trinajstić information content (AvgIpc) is 2.75. The smallest absolute Gasteiger partial charge is 0.264 e. The summed E-state index contributed by atoms with van der Waals surface area (Å²) in [5.41, 5.74) is 7.74. The molecule has 1 heterocycles. The molecule has 2 N–H and O–H groups in total. The summed E-state index contributed by atoms with van der Waals surface area (Å²) in [6, 6.07) is 7.15. The molecule has 1 aromatic rings. The van der Waals surface area contributed by atoms with Crippen molar-refractivity contribution in [2.45, 2.75) is 19.1 Å². The van der Waals surface area contributed by atoms with Crippen LogP contribution in [0.1, 0.15) is 12.5 Å². The van der Waals surface area contributed by atoms with E-state index in [-0.39, 0.29) is 6.04 Å². The largest absolute Gasteiger partial charge is 0.321 e. The predicted molar refractivity (Wildman–Crippen MR) is 74.9 cm³/mol. The van der Waals surface area contributed by atoms with Gasteiger partial charge >= 0.3 is 0 Å². The molecule has 0 spiro atoms. The van der Waals surface area contributed by atoms with E-state index in [1.807, 2.05) is 24.3 Å². The molecule has 7 heteroatoms. The van der Waals surface area contributed by atoms with E-state index in [4.69, 9.17) is 15.8 Å². The topological polar surface area (TPSA) is 67.4 Å². The zero-order valence-electron chi connectivity index (χ0n) is 10.6. The molecule has 1 aliphatic heterocycles. The van der Waals surface area contributed by atoms with Gasteiger partial charge in [-0.2, -0.15) is 8.42 Å². The Morgan fingerprint density at radius 2 is 2.16 bits per heavy atom. The predicted octanol–water partition coefficient (Wildman–Crippen LogP) is 1.52. The van der Waals surface area contributed by atoms with Crippen molar-refractivity contribution < 1.29 is 12.6 Å². The number of hydrogen-bond donors (Lipinski definition) is 2. The van der Waals surface area contributed by atoms with Crippen LogP contribution < -0.4 is 10.9 Å². The molecule has 0 aromatic heterocycles. The van der Waals surface area contributed by atoms with Gasteiger partial charge in [0.05, 0.1) is 24.1 Å². The summed E-state index contributed by atoms with van der Waals surface area (Å²) in [4.78, 5) is 0. The first kappa shape index (κ1) is 14.3. The monoisotopic (exact) mass is 302 g/mol. The molecule has 2 rings (SSSR count). The van der Waals surface area contributed by atoms with Crippen molar-refractivity contribution >= 4 is 27.4 Å². The Kier molecular flexibility index (Phi) is 4.15. The maximum absolute atomic E-state index is 11.1. The van der Waals surface area contributed by atoms with Gasteiger partial charge in [0.2, 0.25) is 0 Å². The summed E-state index contributed by atoms with van der Waals surface area (Å²) >= 11 is 5.93. The van der Waals surface area contributed by atoms with Crippen LogP contribution in [-0.4, -0.2) is 26.8 Å². The summed E-state index contributed by atoms with van der Waals surface area (Å²) in [5, 5.41) is 0.643. The zero-order valence-corrected chi connectivity index (χ0v) is 12.1. The van der Waals surface area contributed by atoms with Crippen molar-refractivity contribution in [3.8, 4) is 0 Å². The average molecular weight is 303 g/mol. The normalized spacial score (nSPS) is 20.8. The molecule has 0 radical (unpaired) electrons. The Morgan fingerprint density at radius 1 is 1.42 bits per heavy atom. The number of hydrazine groups is 1. The molecule has 0 saturated heterocycles. The van der Waals surface area contributed by atoms with Gasteiger partial charge in [-0.15, -0.1) is 0 Å². The highest BCUT2D eigenvalue weighted by atomic mass is 35.5. The van der Waals surface area contributed by atoms with Crippen LogP contribution in [0.25, 0.3) is 5.70 Å². The molecular weight excluding hydrogens is 288 g/mol. The number of nitrogens with one attached hydrogen (secondary N) is 2. The second-order valence-electron chi connectivity index (χ2n) is 4.39. The fourth-order valence-electron chi connectivity index (χ4n) is 1.84. The number of rotatable bonds is 4. The highest BCUT2D eigenvalue weighted by molar-refractivity contribution is 7.86.